The van der Waals surface area contributed by atoms with Crippen LogP contribution in [-0.4, -0.2) is 23.0 Å². The molecule has 0 bridgehead atoms. The van der Waals surface area contributed by atoms with Gasteiger partial charge in [-0.15, -0.1) is 0 Å². The summed E-state index contributed by atoms with van der Waals surface area (Å²) in [6.07, 6.45) is -0.561. The third-order valence-electron chi connectivity index (χ3n) is 3.50. The number of ether oxygens (including phenoxy) is 1. The maximum absolute atomic E-state index is 12.7. The van der Waals surface area contributed by atoms with Crippen LogP contribution in [0.25, 0.3) is 0 Å². The van der Waals surface area contributed by atoms with Gasteiger partial charge in [0.15, 0.2) is 6.10 Å². The minimum atomic E-state index is -0.561. The first kappa shape index (κ1) is 17.6. The molecule has 0 aliphatic heterocycles. The standard InChI is InChI=1S/C18H22BrNO3/c1-12(2)20(11-17-8-5-13(3)22-17)18(21)14(4)23-16-9-6-15(19)7-10-16/h5-10,12,14H,11H2,1-4H3. The molecule has 4 nitrogen and oxygen atoms in total. The zero-order valence-electron chi connectivity index (χ0n) is 13.9. The second kappa shape index (κ2) is 7.68. The Labute approximate surface area is 145 Å². The van der Waals surface area contributed by atoms with Gasteiger partial charge in [-0.05, 0) is 64.1 Å². The summed E-state index contributed by atoms with van der Waals surface area (Å²) >= 11 is 3.38. The van der Waals surface area contributed by atoms with Crippen LogP contribution in [0.5, 0.6) is 5.75 Å². The van der Waals surface area contributed by atoms with E-state index in [1.165, 1.54) is 0 Å². The van der Waals surface area contributed by atoms with Gasteiger partial charge in [-0.2, -0.15) is 0 Å². The van der Waals surface area contributed by atoms with E-state index in [0.717, 1.165) is 16.0 Å². The number of halogens is 1. The fraction of sp³-hybridized carbons (Fsp3) is 0.389. The molecule has 0 saturated carbocycles. The highest BCUT2D eigenvalue weighted by Crippen LogP contribution is 2.19. The molecule has 1 aromatic carbocycles. The monoisotopic (exact) mass is 379 g/mol. The maximum atomic E-state index is 12.7. The Balaban J connectivity index is 2.05. The van der Waals surface area contributed by atoms with E-state index in [2.05, 4.69) is 15.9 Å². The number of hydrogen-bond donors (Lipinski definition) is 0. The molecule has 2 aromatic rings. The van der Waals surface area contributed by atoms with Crippen LogP contribution in [-0.2, 0) is 11.3 Å². The minimum absolute atomic E-state index is 0.0584. The first-order chi connectivity index (χ1) is 10.9. The Bertz CT molecular complexity index is 649. The van der Waals surface area contributed by atoms with Crippen molar-refractivity contribution in [1.29, 1.82) is 0 Å². The first-order valence-electron chi connectivity index (χ1n) is 7.65. The van der Waals surface area contributed by atoms with Gasteiger partial charge in [0.25, 0.3) is 5.91 Å². The molecule has 2 rings (SSSR count). The highest BCUT2D eigenvalue weighted by Gasteiger charge is 2.25. The summed E-state index contributed by atoms with van der Waals surface area (Å²) in [5.74, 6) is 2.24. The number of carbonyl (C=O) groups is 1. The van der Waals surface area contributed by atoms with Crippen LogP contribution >= 0.6 is 15.9 Å². The van der Waals surface area contributed by atoms with Gasteiger partial charge in [-0.3, -0.25) is 4.79 Å². The zero-order chi connectivity index (χ0) is 17.0. The van der Waals surface area contributed by atoms with Crippen molar-refractivity contribution in [3.8, 4) is 5.75 Å². The lowest BCUT2D eigenvalue weighted by atomic mass is 10.2. The first-order valence-corrected chi connectivity index (χ1v) is 8.44. The molecule has 1 heterocycles. The Kier molecular flexibility index (Phi) is 5.88. The summed E-state index contributed by atoms with van der Waals surface area (Å²) in [5, 5.41) is 0. The summed E-state index contributed by atoms with van der Waals surface area (Å²) in [6, 6.07) is 11.3. The molecule has 0 fully saturated rings. The van der Waals surface area contributed by atoms with Crippen molar-refractivity contribution in [2.75, 3.05) is 0 Å². The van der Waals surface area contributed by atoms with Crippen molar-refractivity contribution in [2.45, 2.75) is 46.4 Å². The fourth-order valence-corrected chi connectivity index (χ4v) is 2.52. The average Bonchev–Trinajstić information content (AvgIpc) is 2.91. The average molecular weight is 380 g/mol. The fourth-order valence-electron chi connectivity index (χ4n) is 2.25. The summed E-state index contributed by atoms with van der Waals surface area (Å²) in [4.78, 5) is 14.5. The van der Waals surface area contributed by atoms with Crippen molar-refractivity contribution in [3.05, 3.63) is 52.4 Å². The van der Waals surface area contributed by atoms with E-state index >= 15 is 0 Å². The van der Waals surface area contributed by atoms with E-state index in [0.29, 0.717) is 12.3 Å². The Hall–Kier alpha value is -1.75. The molecule has 0 saturated heterocycles. The predicted molar refractivity (Wildman–Crippen MR) is 93.4 cm³/mol. The predicted octanol–water partition coefficient (Wildman–Crippen LogP) is 4.56. The smallest absolute Gasteiger partial charge is 0.263 e. The molecule has 0 aliphatic rings. The maximum Gasteiger partial charge on any atom is 0.263 e. The molecule has 1 aromatic heterocycles. The van der Waals surface area contributed by atoms with Crippen LogP contribution in [0.15, 0.2) is 45.3 Å². The SMILES string of the molecule is Cc1ccc(CN(C(=O)C(C)Oc2ccc(Br)cc2)C(C)C)o1. The van der Waals surface area contributed by atoms with E-state index in [4.69, 9.17) is 9.15 Å². The van der Waals surface area contributed by atoms with Crippen LogP contribution in [0, 0.1) is 6.92 Å². The van der Waals surface area contributed by atoms with E-state index < -0.39 is 6.10 Å². The van der Waals surface area contributed by atoms with E-state index in [9.17, 15) is 4.79 Å². The third-order valence-corrected chi connectivity index (χ3v) is 4.03. The van der Waals surface area contributed by atoms with E-state index in [-0.39, 0.29) is 11.9 Å². The van der Waals surface area contributed by atoms with Crippen molar-refractivity contribution >= 4 is 21.8 Å². The number of benzene rings is 1. The molecule has 1 unspecified atom stereocenters. The highest BCUT2D eigenvalue weighted by atomic mass is 79.9. The van der Waals surface area contributed by atoms with Crippen LogP contribution < -0.4 is 4.74 Å². The summed E-state index contributed by atoms with van der Waals surface area (Å²) in [5.41, 5.74) is 0. The Morgan fingerprint density at radius 1 is 1.17 bits per heavy atom. The van der Waals surface area contributed by atoms with Gasteiger partial charge < -0.3 is 14.1 Å². The molecule has 0 radical (unpaired) electrons. The number of amides is 1. The quantitative estimate of drug-likeness (QED) is 0.738. The number of furan rings is 1. The van der Waals surface area contributed by atoms with Crippen molar-refractivity contribution < 1.29 is 13.9 Å². The Morgan fingerprint density at radius 3 is 2.35 bits per heavy atom. The van der Waals surface area contributed by atoms with Gasteiger partial charge in [0.1, 0.15) is 17.3 Å². The molecule has 1 amide bonds. The molecule has 0 N–H and O–H groups in total. The summed E-state index contributed by atoms with van der Waals surface area (Å²) in [6.45, 7) is 8.08. The highest BCUT2D eigenvalue weighted by molar-refractivity contribution is 9.10. The van der Waals surface area contributed by atoms with Crippen molar-refractivity contribution in [2.24, 2.45) is 0 Å². The zero-order valence-corrected chi connectivity index (χ0v) is 15.5. The molecular formula is C18H22BrNO3. The summed E-state index contributed by atoms with van der Waals surface area (Å²) in [7, 11) is 0. The molecule has 124 valence electrons. The van der Waals surface area contributed by atoms with Gasteiger partial charge >= 0.3 is 0 Å². The normalized spacial score (nSPS) is 12.3. The summed E-state index contributed by atoms with van der Waals surface area (Å²) < 4.78 is 12.3. The van der Waals surface area contributed by atoms with Gasteiger partial charge in [-0.1, -0.05) is 15.9 Å². The lowest BCUT2D eigenvalue weighted by Gasteiger charge is -2.28. The number of aryl methyl sites for hydroxylation is 1. The molecular weight excluding hydrogens is 358 g/mol. The molecule has 0 spiro atoms. The van der Waals surface area contributed by atoms with Gasteiger partial charge in [-0.25, -0.2) is 0 Å². The van der Waals surface area contributed by atoms with Crippen LogP contribution in [0.2, 0.25) is 0 Å². The lowest BCUT2D eigenvalue weighted by Crippen LogP contribution is -2.43. The van der Waals surface area contributed by atoms with Crippen molar-refractivity contribution in [1.82, 2.24) is 4.90 Å². The number of rotatable bonds is 6. The van der Waals surface area contributed by atoms with Crippen LogP contribution in [0.3, 0.4) is 0 Å². The van der Waals surface area contributed by atoms with E-state index in [1.54, 1.807) is 11.8 Å². The third kappa shape index (κ3) is 4.86. The van der Waals surface area contributed by atoms with Crippen LogP contribution in [0.1, 0.15) is 32.3 Å². The largest absolute Gasteiger partial charge is 0.481 e. The van der Waals surface area contributed by atoms with Gasteiger partial charge in [0, 0.05) is 10.5 Å². The minimum Gasteiger partial charge on any atom is -0.481 e. The van der Waals surface area contributed by atoms with Gasteiger partial charge in [0.2, 0.25) is 0 Å². The Morgan fingerprint density at radius 2 is 1.83 bits per heavy atom. The number of nitrogens with zero attached hydrogens (tertiary/aromatic N) is 1. The van der Waals surface area contributed by atoms with Crippen LogP contribution in [0.4, 0.5) is 0 Å². The molecule has 1 atom stereocenters. The number of hydrogen-bond acceptors (Lipinski definition) is 3. The topological polar surface area (TPSA) is 42.7 Å². The molecule has 5 heteroatoms. The molecule has 23 heavy (non-hydrogen) atoms. The molecule has 0 aliphatic carbocycles. The van der Waals surface area contributed by atoms with Gasteiger partial charge in [0.05, 0.1) is 6.54 Å². The lowest BCUT2D eigenvalue weighted by molar-refractivity contribution is -0.140. The van der Waals surface area contributed by atoms with E-state index in [1.807, 2.05) is 57.2 Å². The van der Waals surface area contributed by atoms with Crippen molar-refractivity contribution in [3.63, 3.8) is 0 Å². The second-order valence-corrected chi connectivity index (χ2v) is 6.70. The number of carbonyl (C=O) groups excluding carboxylic acids is 1. The second-order valence-electron chi connectivity index (χ2n) is 5.79.